The number of H-pyrrole nitrogens is 1. The molecular formula is C29H35N5O4. The van der Waals surface area contributed by atoms with Gasteiger partial charge in [-0.2, -0.15) is 0 Å². The number of aromatic nitrogens is 1. The highest BCUT2D eigenvalue weighted by Gasteiger charge is 2.60. The summed E-state index contributed by atoms with van der Waals surface area (Å²) in [6.07, 6.45) is 8.77. The SMILES string of the molecule is COc1ccc2[nH]c3c(c2c1)C[C@@]1(C)C(=O)N(CCN2CCN(C(C)=O)CC2)C(=O)N1[C@@H]3C1=CCCC=C1. The van der Waals surface area contributed by atoms with E-state index in [1.807, 2.05) is 34.9 Å². The number of piperazine rings is 1. The molecule has 4 aliphatic rings. The lowest BCUT2D eigenvalue weighted by molar-refractivity contribution is -0.133. The summed E-state index contributed by atoms with van der Waals surface area (Å²) in [5.41, 5.74) is 3.10. The van der Waals surface area contributed by atoms with Crippen LogP contribution in [0.2, 0.25) is 0 Å². The Morgan fingerprint density at radius 2 is 1.92 bits per heavy atom. The third kappa shape index (κ3) is 3.83. The number of nitrogens with zero attached hydrogens (tertiary/aromatic N) is 4. The second-order valence-electron chi connectivity index (χ2n) is 10.9. The molecule has 0 unspecified atom stereocenters. The number of amides is 4. The molecule has 200 valence electrons. The summed E-state index contributed by atoms with van der Waals surface area (Å²) in [5, 5.41) is 1.03. The van der Waals surface area contributed by atoms with Crippen LogP contribution in [0.5, 0.6) is 5.75 Å². The molecule has 1 aliphatic carbocycles. The quantitative estimate of drug-likeness (QED) is 0.616. The molecule has 0 spiro atoms. The van der Waals surface area contributed by atoms with Crippen LogP contribution in [0.3, 0.4) is 0 Å². The number of urea groups is 1. The van der Waals surface area contributed by atoms with Gasteiger partial charge in [-0.25, -0.2) is 4.79 Å². The molecule has 2 fully saturated rings. The Balaban J connectivity index is 1.33. The zero-order chi connectivity index (χ0) is 26.6. The highest BCUT2D eigenvalue weighted by molar-refractivity contribution is 6.08. The van der Waals surface area contributed by atoms with E-state index < -0.39 is 5.54 Å². The fraction of sp³-hybridized carbons (Fsp3) is 0.483. The first-order valence-corrected chi connectivity index (χ1v) is 13.5. The van der Waals surface area contributed by atoms with Crippen LogP contribution >= 0.6 is 0 Å². The Kier molecular flexibility index (Phi) is 6.06. The van der Waals surface area contributed by atoms with Gasteiger partial charge in [0.15, 0.2) is 0 Å². The summed E-state index contributed by atoms with van der Waals surface area (Å²) in [6.45, 7) is 7.30. The van der Waals surface area contributed by atoms with Gasteiger partial charge in [-0.15, -0.1) is 0 Å². The summed E-state index contributed by atoms with van der Waals surface area (Å²) < 4.78 is 5.50. The number of fused-ring (bicyclic) bond motifs is 4. The normalized spacial score (nSPS) is 25.6. The van der Waals surface area contributed by atoms with Gasteiger partial charge in [0.25, 0.3) is 5.91 Å². The molecule has 1 aromatic heterocycles. The molecule has 2 aromatic rings. The van der Waals surface area contributed by atoms with Crippen molar-refractivity contribution in [2.45, 2.75) is 44.7 Å². The van der Waals surface area contributed by atoms with E-state index in [-0.39, 0.29) is 23.9 Å². The van der Waals surface area contributed by atoms with Crippen LogP contribution in [0.1, 0.15) is 44.0 Å². The first-order chi connectivity index (χ1) is 18.3. The van der Waals surface area contributed by atoms with Crippen LogP contribution in [-0.4, -0.2) is 94.3 Å². The average molecular weight is 518 g/mol. The van der Waals surface area contributed by atoms with E-state index in [4.69, 9.17) is 4.74 Å². The monoisotopic (exact) mass is 517 g/mol. The maximum atomic E-state index is 14.0. The average Bonchev–Trinajstić information content (AvgIpc) is 3.37. The van der Waals surface area contributed by atoms with Crippen molar-refractivity contribution >= 4 is 28.7 Å². The second-order valence-corrected chi connectivity index (χ2v) is 10.9. The van der Waals surface area contributed by atoms with Crippen LogP contribution in [0.4, 0.5) is 4.79 Å². The van der Waals surface area contributed by atoms with Gasteiger partial charge in [-0.1, -0.05) is 18.2 Å². The van der Waals surface area contributed by atoms with Crippen LogP contribution in [0, 0.1) is 0 Å². The van der Waals surface area contributed by atoms with Gasteiger partial charge < -0.3 is 14.6 Å². The van der Waals surface area contributed by atoms with Crippen LogP contribution in [0.15, 0.2) is 42.0 Å². The number of ether oxygens (including phenoxy) is 1. The zero-order valence-corrected chi connectivity index (χ0v) is 22.3. The number of benzene rings is 1. The molecule has 3 aliphatic heterocycles. The molecule has 0 radical (unpaired) electrons. The second kappa shape index (κ2) is 9.31. The number of allylic oxidation sites excluding steroid dienone is 2. The number of methoxy groups -OCH3 is 1. The third-order valence-corrected chi connectivity index (χ3v) is 8.67. The Morgan fingerprint density at radius 3 is 2.61 bits per heavy atom. The lowest BCUT2D eigenvalue weighted by atomic mass is 9.80. The molecular weight excluding hydrogens is 482 g/mol. The number of nitrogens with one attached hydrogen (secondary N) is 1. The molecule has 4 heterocycles. The minimum Gasteiger partial charge on any atom is -0.497 e. The Hall–Kier alpha value is -3.59. The first-order valence-electron chi connectivity index (χ1n) is 13.5. The molecule has 4 amide bonds. The predicted molar refractivity (Wildman–Crippen MR) is 144 cm³/mol. The van der Waals surface area contributed by atoms with Crippen molar-refractivity contribution in [1.82, 2.24) is 24.6 Å². The predicted octanol–water partition coefficient (Wildman–Crippen LogP) is 3.24. The molecule has 0 saturated carbocycles. The maximum absolute atomic E-state index is 14.0. The summed E-state index contributed by atoms with van der Waals surface area (Å²) in [5.74, 6) is 0.712. The van der Waals surface area contributed by atoms with Gasteiger partial charge in [-0.05, 0) is 49.1 Å². The summed E-state index contributed by atoms with van der Waals surface area (Å²) >= 11 is 0. The Morgan fingerprint density at radius 1 is 1.13 bits per heavy atom. The highest BCUT2D eigenvalue weighted by Crippen LogP contribution is 2.49. The molecule has 1 aromatic carbocycles. The van der Waals surface area contributed by atoms with Crippen LogP contribution in [-0.2, 0) is 16.0 Å². The number of carbonyl (C=O) groups excluding carboxylic acids is 3. The van der Waals surface area contributed by atoms with Crippen LogP contribution < -0.4 is 4.74 Å². The molecule has 1 N–H and O–H groups in total. The molecule has 9 heteroatoms. The minimum atomic E-state index is -0.980. The lowest BCUT2D eigenvalue weighted by Crippen LogP contribution is -2.53. The molecule has 38 heavy (non-hydrogen) atoms. The number of imide groups is 1. The van der Waals surface area contributed by atoms with E-state index in [2.05, 4.69) is 28.1 Å². The van der Waals surface area contributed by atoms with E-state index in [0.717, 1.165) is 59.4 Å². The van der Waals surface area contributed by atoms with E-state index in [1.165, 1.54) is 4.90 Å². The number of carbonyl (C=O) groups is 3. The van der Waals surface area contributed by atoms with Crippen molar-refractivity contribution in [2.75, 3.05) is 46.4 Å². The number of hydrogen-bond acceptors (Lipinski definition) is 5. The van der Waals surface area contributed by atoms with Gasteiger partial charge in [0.1, 0.15) is 11.3 Å². The fourth-order valence-corrected chi connectivity index (χ4v) is 6.53. The van der Waals surface area contributed by atoms with Gasteiger partial charge in [0.05, 0.1) is 13.2 Å². The van der Waals surface area contributed by atoms with Crippen molar-refractivity contribution in [3.8, 4) is 5.75 Å². The van der Waals surface area contributed by atoms with Crippen molar-refractivity contribution in [3.05, 3.63) is 53.3 Å². The summed E-state index contributed by atoms with van der Waals surface area (Å²) in [4.78, 5) is 50.7. The minimum absolute atomic E-state index is 0.0878. The van der Waals surface area contributed by atoms with Gasteiger partial charge in [0, 0.05) is 69.2 Å². The van der Waals surface area contributed by atoms with Crippen molar-refractivity contribution < 1.29 is 19.1 Å². The lowest BCUT2D eigenvalue weighted by Gasteiger charge is -2.43. The summed E-state index contributed by atoms with van der Waals surface area (Å²) in [7, 11) is 1.65. The Bertz CT molecular complexity index is 1370. The van der Waals surface area contributed by atoms with Crippen LogP contribution in [0.25, 0.3) is 10.9 Å². The molecule has 0 bridgehead atoms. The van der Waals surface area contributed by atoms with Crippen molar-refractivity contribution in [2.24, 2.45) is 0 Å². The highest BCUT2D eigenvalue weighted by atomic mass is 16.5. The third-order valence-electron chi connectivity index (χ3n) is 8.67. The maximum Gasteiger partial charge on any atom is 0.328 e. The van der Waals surface area contributed by atoms with E-state index >= 15 is 0 Å². The fourth-order valence-electron chi connectivity index (χ4n) is 6.53. The standard InChI is InChI=1S/C29H35N5O4/c1-19(35)32-14-11-31(12-15-32)13-16-33-27(36)29(2)18-23-22-17-21(38-3)9-10-24(22)30-25(23)26(34(29)28(33)37)20-7-5-4-6-8-20/h5,7-10,17,26,30H,4,6,11-16,18H2,1-3H3/t26-,29+/m1/s1. The van der Waals surface area contributed by atoms with E-state index in [1.54, 1.807) is 14.0 Å². The van der Waals surface area contributed by atoms with Gasteiger partial charge >= 0.3 is 6.03 Å². The zero-order valence-electron chi connectivity index (χ0n) is 22.3. The van der Waals surface area contributed by atoms with Gasteiger partial charge in [-0.3, -0.25) is 24.3 Å². The largest absolute Gasteiger partial charge is 0.497 e. The Labute approximate surface area is 222 Å². The number of hydrogen-bond donors (Lipinski definition) is 1. The molecule has 6 rings (SSSR count). The first kappa shape index (κ1) is 24.7. The number of aromatic amines is 1. The molecule has 2 saturated heterocycles. The van der Waals surface area contributed by atoms with E-state index in [0.29, 0.717) is 32.6 Å². The topological polar surface area (TPSA) is 89.2 Å². The van der Waals surface area contributed by atoms with Crippen molar-refractivity contribution in [3.63, 3.8) is 0 Å². The molecule has 9 nitrogen and oxygen atoms in total. The van der Waals surface area contributed by atoms with Crippen molar-refractivity contribution in [1.29, 1.82) is 0 Å². The van der Waals surface area contributed by atoms with E-state index in [9.17, 15) is 14.4 Å². The summed E-state index contributed by atoms with van der Waals surface area (Å²) in [6, 6.07) is 5.36. The molecule has 2 atom stereocenters. The smallest absolute Gasteiger partial charge is 0.328 e. The van der Waals surface area contributed by atoms with Gasteiger partial charge in [0.2, 0.25) is 5.91 Å². The number of rotatable bonds is 5.